The van der Waals surface area contributed by atoms with Crippen LogP contribution >= 0.6 is 0 Å². The second-order valence-electron chi connectivity index (χ2n) is 9.78. The Labute approximate surface area is 206 Å². The number of carbonyl (C=O) groups excluding carboxylic acids is 2. The highest BCUT2D eigenvalue weighted by molar-refractivity contribution is 7.91. The Kier molecular flexibility index (Phi) is 6.26. The Hall–Kier alpha value is -3.22. The molecule has 36 heavy (non-hydrogen) atoms. The molecule has 2 aliphatic heterocycles. The first-order chi connectivity index (χ1) is 16.6. The summed E-state index contributed by atoms with van der Waals surface area (Å²) in [4.78, 5) is 35.3. The van der Waals surface area contributed by atoms with Crippen LogP contribution in [0.15, 0.2) is 30.6 Å². The standard InChI is InChI=1S/C23H25F3N4O5S/c1-21(2)15-10-14(19(31)29-22(3)6-8-36(33,34)9-7-22)4-5-16(15)30(20(21)32)17-11-18(28-13-27-17)35-12-23(24,25)26/h4-5,10-11,13H,6-9,12H2,1-3H3,(H,29,31). The van der Waals surface area contributed by atoms with Crippen LogP contribution in [-0.4, -0.2) is 60.0 Å². The molecule has 4 rings (SSSR count). The van der Waals surface area contributed by atoms with Crippen molar-refractivity contribution in [2.75, 3.05) is 23.0 Å². The van der Waals surface area contributed by atoms with E-state index in [9.17, 15) is 31.2 Å². The van der Waals surface area contributed by atoms with Crippen molar-refractivity contribution < 1.29 is 35.9 Å². The van der Waals surface area contributed by atoms with E-state index in [1.807, 2.05) is 0 Å². The summed E-state index contributed by atoms with van der Waals surface area (Å²) in [7, 11) is -3.10. The van der Waals surface area contributed by atoms with Gasteiger partial charge in [-0.05, 0) is 57.4 Å². The molecule has 0 unspecified atom stereocenters. The van der Waals surface area contributed by atoms with E-state index in [0.29, 0.717) is 29.7 Å². The third-order valence-electron chi connectivity index (χ3n) is 6.50. The van der Waals surface area contributed by atoms with Crippen LogP contribution < -0.4 is 15.0 Å². The average molecular weight is 527 g/mol. The minimum Gasteiger partial charge on any atom is -0.468 e. The zero-order valence-electron chi connectivity index (χ0n) is 19.8. The number of hydrogen-bond acceptors (Lipinski definition) is 7. The van der Waals surface area contributed by atoms with Gasteiger partial charge in [-0.1, -0.05) is 0 Å². The van der Waals surface area contributed by atoms with Crippen molar-refractivity contribution in [3.05, 3.63) is 41.7 Å². The fourth-order valence-electron chi connectivity index (χ4n) is 4.25. The SMILES string of the molecule is CC1(NC(=O)c2ccc3c(c2)C(C)(C)C(=O)N3c2cc(OCC(F)(F)F)ncn2)CCS(=O)(=O)CC1. The van der Waals surface area contributed by atoms with Gasteiger partial charge in [-0.2, -0.15) is 13.2 Å². The maximum atomic E-state index is 13.3. The maximum absolute atomic E-state index is 13.3. The Morgan fingerprint density at radius 2 is 1.81 bits per heavy atom. The van der Waals surface area contributed by atoms with Crippen molar-refractivity contribution in [2.24, 2.45) is 0 Å². The van der Waals surface area contributed by atoms with E-state index in [1.54, 1.807) is 32.9 Å². The fraction of sp³-hybridized carbons (Fsp3) is 0.478. The summed E-state index contributed by atoms with van der Waals surface area (Å²) in [5.41, 5.74) is -0.480. The molecule has 0 saturated carbocycles. The van der Waals surface area contributed by atoms with Crippen molar-refractivity contribution in [1.82, 2.24) is 15.3 Å². The van der Waals surface area contributed by atoms with Crippen molar-refractivity contribution in [2.45, 2.75) is 50.7 Å². The molecule has 0 atom stereocenters. The zero-order valence-corrected chi connectivity index (χ0v) is 20.7. The van der Waals surface area contributed by atoms with E-state index >= 15 is 0 Å². The topological polar surface area (TPSA) is 119 Å². The molecule has 0 spiro atoms. The largest absolute Gasteiger partial charge is 0.468 e. The van der Waals surface area contributed by atoms with E-state index in [1.165, 1.54) is 11.0 Å². The van der Waals surface area contributed by atoms with Crippen LogP contribution in [-0.2, 0) is 20.0 Å². The van der Waals surface area contributed by atoms with Crippen LogP contribution in [0.25, 0.3) is 0 Å². The molecule has 13 heteroatoms. The molecule has 1 aromatic heterocycles. The monoisotopic (exact) mass is 526 g/mol. The summed E-state index contributed by atoms with van der Waals surface area (Å²) >= 11 is 0. The zero-order chi connectivity index (χ0) is 26.5. The van der Waals surface area contributed by atoms with Crippen molar-refractivity contribution >= 4 is 33.2 Å². The van der Waals surface area contributed by atoms with Crippen LogP contribution in [0.3, 0.4) is 0 Å². The number of fused-ring (bicyclic) bond motifs is 1. The number of amides is 2. The van der Waals surface area contributed by atoms with Crippen molar-refractivity contribution in [3.63, 3.8) is 0 Å². The number of nitrogens with one attached hydrogen (secondary N) is 1. The quantitative estimate of drug-likeness (QED) is 0.636. The predicted octanol–water partition coefficient (Wildman–Crippen LogP) is 3.07. The minimum atomic E-state index is -4.55. The lowest BCUT2D eigenvalue weighted by atomic mass is 9.85. The Balaban J connectivity index is 1.60. The van der Waals surface area contributed by atoms with Gasteiger partial charge in [0.1, 0.15) is 22.0 Å². The van der Waals surface area contributed by atoms with Gasteiger partial charge in [0.05, 0.1) is 22.6 Å². The lowest BCUT2D eigenvalue weighted by molar-refractivity contribution is -0.154. The van der Waals surface area contributed by atoms with Crippen molar-refractivity contribution in [3.8, 4) is 5.88 Å². The molecule has 2 aromatic rings. The Morgan fingerprint density at radius 3 is 2.44 bits per heavy atom. The van der Waals surface area contributed by atoms with E-state index in [-0.39, 0.29) is 29.1 Å². The first-order valence-electron chi connectivity index (χ1n) is 11.1. The lowest BCUT2D eigenvalue weighted by Gasteiger charge is -2.34. The highest BCUT2D eigenvalue weighted by Crippen LogP contribution is 2.45. The van der Waals surface area contributed by atoms with E-state index in [2.05, 4.69) is 20.0 Å². The van der Waals surface area contributed by atoms with Crippen LogP contribution in [0, 0.1) is 0 Å². The summed E-state index contributed by atoms with van der Waals surface area (Å²) in [5.74, 6) is -1.09. The second-order valence-corrected chi connectivity index (χ2v) is 12.1. The fourth-order valence-corrected chi connectivity index (χ4v) is 5.98. The average Bonchev–Trinajstić information content (AvgIpc) is 2.99. The molecule has 3 heterocycles. The normalized spacial score (nSPS) is 20.1. The number of halogens is 3. The number of alkyl halides is 3. The van der Waals surface area contributed by atoms with Crippen LogP contribution in [0.5, 0.6) is 5.88 Å². The molecular weight excluding hydrogens is 501 g/mol. The van der Waals surface area contributed by atoms with Crippen LogP contribution in [0.1, 0.15) is 49.5 Å². The number of anilines is 2. The Bertz CT molecular complexity index is 1310. The van der Waals surface area contributed by atoms with Gasteiger partial charge in [0.25, 0.3) is 5.91 Å². The number of rotatable bonds is 5. The van der Waals surface area contributed by atoms with Gasteiger partial charge in [-0.25, -0.2) is 18.4 Å². The van der Waals surface area contributed by atoms with Gasteiger partial charge in [0.2, 0.25) is 11.8 Å². The molecule has 1 aromatic carbocycles. The lowest BCUT2D eigenvalue weighted by Crippen LogP contribution is -2.50. The van der Waals surface area contributed by atoms with Crippen LogP contribution in [0.4, 0.5) is 24.7 Å². The smallest absolute Gasteiger partial charge is 0.422 e. The molecule has 1 saturated heterocycles. The van der Waals surface area contributed by atoms with Gasteiger partial charge in [0.15, 0.2) is 6.61 Å². The van der Waals surface area contributed by atoms with Gasteiger partial charge >= 0.3 is 6.18 Å². The molecule has 9 nitrogen and oxygen atoms in total. The van der Waals surface area contributed by atoms with E-state index in [4.69, 9.17) is 0 Å². The highest BCUT2D eigenvalue weighted by atomic mass is 32.2. The first kappa shape index (κ1) is 25.9. The van der Waals surface area contributed by atoms with Gasteiger partial charge in [0, 0.05) is 17.2 Å². The van der Waals surface area contributed by atoms with Gasteiger partial charge in [-0.3, -0.25) is 14.5 Å². The third-order valence-corrected chi connectivity index (χ3v) is 8.15. The second kappa shape index (κ2) is 8.71. The number of aromatic nitrogens is 2. The summed E-state index contributed by atoms with van der Waals surface area (Å²) in [5, 5.41) is 2.92. The number of hydrogen-bond donors (Lipinski definition) is 1. The molecule has 1 N–H and O–H groups in total. The van der Waals surface area contributed by atoms with Crippen molar-refractivity contribution in [1.29, 1.82) is 0 Å². The Morgan fingerprint density at radius 1 is 1.14 bits per heavy atom. The molecular formula is C23H25F3N4O5S. The summed E-state index contributed by atoms with van der Waals surface area (Å²) in [6.07, 6.45) is -2.94. The summed E-state index contributed by atoms with van der Waals surface area (Å²) in [6.45, 7) is 3.61. The number of ether oxygens (including phenoxy) is 1. The van der Waals surface area contributed by atoms with Gasteiger partial charge < -0.3 is 10.1 Å². The third kappa shape index (κ3) is 5.15. The van der Waals surface area contributed by atoms with E-state index in [0.717, 1.165) is 12.4 Å². The maximum Gasteiger partial charge on any atom is 0.422 e. The number of carbonyl (C=O) groups is 2. The number of sulfone groups is 1. The number of nitrogens with zero attached hydrogens (tertiary/aromatic N) is 3. The van der Waals surface area contributed by atoms with E-state index < -0.39 is 39.5 Å². The van der Waals surface area contributed by atoms with Gasteiger partial charge in [-0.15, -0.1) is 0 Å². The highest BCUT2D eigenvalue weighted by Gasteiger charge is 2.46. The first-order valence-corrected chi connectivity index (χ1v) is 13.0. The molecule has 2 amide bonds. The molecule has 194 valence electrons. The summed E-state index contributed by atoms with van der Waals surface area (Å²) < 4.78 is 65.8. The molecule has 0 aliphatic carbocycles. The molecule has 0 radical (unpaired) electrons. The van der Waals surface area contributed by atoms with Crippen LogP contribution in [0.2, 0.25) is 0 Å². The number of benzene rings is 1. The summed E-state index contributed by atoms with van der Waals surface area (Å²) in [6, 6.07) is 5.84. The molecule has 1 fully saturated rings. The molecule has 0 bridgehead atoms. The predicted molar refractivity (Wildman–Crippen MR) is 124 cm³/mol. The molecule has 2 aliphatic rings. The minimum absolute atomic E-state index is 0.00192.